The maximum absolute atomic E-state index is 14.6. The molecule has 19 heteroatoms. The number of hydrogen-bond acceptors (Lipinski definition) is 9. The van der Waals surface area contributed by atoms with E-state index in [0.29, 0.717) is 16.7 Å². The monoisotopic (exact) mass is 891 g/mol. The van der Waals surface area contributed by atoms with Gasteiger partial charge in [-0.2, -0.15) is 0 Å². The molecule has 6 atom stereocenters. The van der Waals surface area contributed by atoms with Crippen molar-refractivity contribution in [2.45, 2.75) is 82.2 Å². The number of aliphatic hydroxyl groups excluding tert-OH is 1. The fraction of sp³-hybridized carbons (Fsp3) is 0.326. The van der Waals surface area contributed by atoms with Gasteiger partial charge in [-0.3, -0.25) is 28.8 Å². The lowest BCUT2D eigenvalue weighted by Crippen LogP contribution is -2.60. The predicted octanol–water partition coefficient (Wildman–Crippen LogP) is 1.51. The Labute approximate surface area is 372 Å². The largest absolute Gasteiger partial charge is 0.481 e. The van der Waals surface area contributed by atoms with Gasteiger partial charge in [-0.1, -0.05) is 68.4 Å². The predicted molar refractivity (Wildman–Crippen MR) is 240 cm³/mol. The van der Waals surface area contributed by atoms with Crippen LogP contribution in [0.4, 0.5) is 0 Å². The van der Waals surface area contributed by atoms with E-state index in [9.17, 15) is 48.9 Å². The number of carbonyl (C=O) groups excluding carboxylic acids is 5. The van der Waals surface area contributed by atoms with Crippen molar-refractivity contribution in [3.63, 3.8) is 0 Å². The maximum Gasteiger partial charge on any atom is 0.326 e. The number of aliphatic hydroxyl groups is 1. The van der Waals surface area contributed by atoms with Gasteiger partial charge in [0.1, 0.15) is 36.3 Å². The van der Waals surface area contributed by atoms with Gasteiger partial charge in [-0.25, -0.2) is 4.79 Å². The number of rotatable bonds is 22. The molecule has 3 aromatic heterocycles. The van der Waals surface area contributed by atoms with Crippen molar-refractivity contribution < 1.29 is 48.9 Å². The van der Waals surface area contributed by atoms with E-state index >= 15 is 0 Å². The molecule has 0 fully saturated rings. The highest BCUT2D eigenvalue weighted by molar-refractivity contribution is 5.98. The van der Waals surface area contributed by atoms with E-state index < -0.39 is 96.7 Å². The van der Waals surface area contributed by atoms with Crippen LogP contribution < -0.4 is 32.3 Å². The van der Waals surface area contributed by atoms with Gasteiger partial charge in [-0.15, -0.1) is 0 Å². The molecule has 342 valence electrons. The normalized spacial score (nSPS) is 14.2. The third-order valence-electron chi connectivity index (χ3n) is 11.2. The molecule has 0 radical (unpaired) electrons. The Hall–Kier alpha value is -7.51. The summed E-state index contributed by atoms with van der Waals surface area (Å²) in [5.41, 5.74) is 9.85. The highest BCUT2D eigenvalue weighted by Crippen LogP contribution is 2.23. The van der Waals surface area contributed by atoms with Crippen LogP contribution in [0, 0.1) is 5.92 Å². The summed E-state index contributed by atoms with van der Waals surface area (Å²) in [4.78, 5) is 103. The van der Waals surface area contributed by atoms with Crippen molar-refractivity contribution in [1.82, 2.24) is 41.5 Å². The molecule has 5 amide bonds. The summed E-state index contributed by atoms with van der Waals surface area (Å²) in [6, 6.07) is 13.5. The van der Waals surface area contributed by atoms with E-state index in [-0.39, 0.29) is 25.7 Å². The summed E-state index contributed by atoms with van der Waals surface area (Å²) in [5.74, 6) is -7.36. The summed E-state index contributed by atoms with van der Waals surface area (Å²) in [5, 5.41) is 44.4. The molecule has 3 heterocycles. The average molecular weight is 892 g/mol. The first kappa shape index (κ1) is 47.0. The van der Waals surface area contributed by atoms with Crippen LogP contribution in [0.2, 0.25) is 0 Å². The fourth-order valence-electron chi connectivity index (χ4n) is 7.67. The van der Waals surface area contributed by atoms with Crippen LogP contribution in [0.5, 0.6) is 0 Å². The number of nitrogens with one attached hydrogen (secondary N) is 8. The van der Waals surface area contributed by atoms with E-state index in [4.69, 9.17) is 5.73 Å². The average Bonchev–Trinajstić information content (AvgIpc) is 4.02. The first-order chi connectivity index (χ1) is 31.1. The van der Waals surface area contributed by atoms with Crippen LogP contribution in [-0.2, 0) is 52.8 Å². The summed E-state index contributed by atoms with van der Waals surface area (Å²) >= 11 is 0. The highest BCUT2D eigenvalue weighted by Gasteiger charge is 2.35. The molecule has 65 heavy (non-hydrogen) atoms. The van der Waals surface area contributed by atoms with E-state index in [1.165, 1.54) is 0 Å². The van der Waals surface area contributed by atoms with Gasteiger partial charge in [0, 0.05) is 77.0 Å². The topological polar surface area (TPSA) is 314 Å². The van der Waals surface area contributed by atoms with E-state index in [1.807, 2.05) is 60.7 Å². The standard InChI is InChI=1S/C46H53N9O10/c1-24(2)40(45(63)54-38(46(64)65)19-27-22-50-34-14-8-5-11-30(27)34)55-44(62)37(18-26-21-49-33-13-7-4-10-29(26)33)53-43(61)36(17-25-20-48-32-12-6-3-9-28(25)32)52-42(60)35(15-16-39(57)58)51-41(59)31(47)23-56/h3-14,20-22,24,31,35-38,40,48-50,56H,15-19,23,47H2,1-2H3,(H,51,59)(H,52,60)(H,53,61)(H,54,63)(H,55,62)(H,57,58)(H,64,65)/t31-,35-,36-,37-,38-,40-/m0/s1. The summed E-state index contributed by atoms with van der Waals surface area (Å²) < 4.78 is 0. The molecule has 0 aliphatic heterocycles. The van der Waals surface area contributed by atoms with Crippen LogP contribution in [0.25, 0.3) is 32.7 Å². The number of aromatic nitrogens is 3. The molecule has 3 aromatic carbocycles. The zero-order valence-electron chi connectivity index (χ0n) is 35.7. The van der Waals surface area contributed by atoms with Crippen molar-refractivity contribution in [3.8, 4) is 0 Å². The second-order valence-corrected chi connectivity index (χ2v) is 16.2. The molecule has 0 saturated carbocycles. The third-order valence-corrected chi connectivity index (χ3v) is 11.2. The van der Waals surface area contributed by atoms with Gasteiger partial charge in [0.15, 0.2) is 0 Å². The van der Waals surface area contributed by atoms with Gasteiger partial charge in [0.25, 0.3) is 0 Å². The van der Waals surface area contributed by atoms with Crippen LogP contribution in [-0.4, -0.2) is 115 Å². The first-order valence-corrected chi connectivity index (χ1v) is 21.1. The lowest BCUT2D eigenvalue weighted by atomic mass is 9.98. The van der Waals surface area contributed by atoms with Crippen LogP contribution in [0.15, 0.2) is 91.4 Å². The van der Waals surface area contributed by atoms with Crippen molar-refractivity contribution in [3.05, 3.63) is 108 Å². The van der Waals surface area contributed by atoms with Crippen molar-refractivity contribution >= 4 is 74.2 Å². The fourth-order valence-corrected chi connectivity index (χ4v) is 7.67. The quantitative estimate of drug-likeness (QED) is 0.0464. The zero-order valence-corrected chi connectivity index (χ0v) is 35.7. The minimum atomic E-state index is -1.49. The van der Waals surface area contributed by atoms with Crippen LogP contribution >= 0.6 is 0 Å². The van der Waals surface area contributed by atoms with E-state index in [0.717, 1.165) is 32.7 Å². The van der Waals surface area contributed by atoms with Gasteiger partial charge in [-0.05, 0) is 47.2 Å². The minimum Gasteiger partial charge on any atom is -0.481 e. The number of H-pyrrole nitrogens is 3. The maximum atomic E-state index is 14.6. The molecule has 0 unspecified atom stereocenters. The molecule has 0 bridgehead atoms. The number of benzene rings is 3. The molecule has 0 saturated heterocycles. The molecular weight excluding hydrogens is 839 g/mol. The molecule has 19 nitrogen and oxygen atoms in total. The number of fused-ring (bicyclic) bond motifs is 3. The number of carbonyl (C=O) groups is 7. The van der Waals surface area contributed by atoms with Gasteiger partial charge in [0.2, 0.25) is 29.5 Å². The zero-order chi connectivity index (χ0) is 46.8. The number of para-hydroxylation sites is 3. The Morgan fingerprint density at radius 1 is 0.538 bits per heavy atom. The number of nitrogens with two attached hydrogens (primary N) is 1. The number of aromatic amines is 3. The second kappa shape index (κ2) is 21.2. The first-order valence-electron chi connectivity index (χ1n) is 21.1. The third kappa shape index (κ3) is 11.7. The molecule has 0 spiro atoms. The molecule has 0 aliphatic rings. The molecule has 6 aromatic rings. The highest BCUT2D eigenvalue weighted by atomic mass is 16.4. The Balaban J connectivity index is 1.29. The number of aliphatic carboxylic acids is 2. The lowest BCUT2D eigenvalue weighted by Gasteiger charge is -2.28. The molecule has 0 aliphatic carbocycles. The molecule has 13 N–H and O–H groups in total. The lowest BCUT2D eigenvalue weighted by molar-refractivity contribution is -0.142. The minimum absolute atomic E-state index is 0.0539. The number of carboxylic acid groups (broad SMARTS) is 2. The molecular formula is C46H53N9O10. The van der Waals surface area contributed by atoms with E-state index in [2.05, 4.69) is 41.5 Å². The van der Waals surface area contributed by atoms with Crippen molar-refractivity contribution in [2.24, 2.45) is 11.7 Å². The van der Waals surface area contributed by atoms with E-state index in [1.54, 1.807) is 44.6 Å². The van der Waals surface area contributed by atoms with Crippen molar-refractivity contribution in [1.29, 1.82) is 0 Å². The number of carboxylic acids is 2. The van der Waals surface area contributed by atoms with Gasteiger partial charge in [0.05, 0.1) is 6.61 Å². The van der Waals surface area contributed by atoms with Crippen molar-refractivity contribution in [2.75, 3.05) is 6.61 Å². The van der Waals surface area contributed by atoms with Gasteiger partial charge >= 0.3 is 11.9 Å². The van der Waals surface area contributed by atoms with Crippen LogP contribution in [0.1, 0.15) is 43.4 Å². The number of amides is 5. The Kier molecular flexibility index (Phi) is 15.4. The van der Waals surface area contributed by atoms with Crippen LogP contribution in [0.3, 0.4) is 0 Å². The SMILES string of the molecule is CC(C)[C@H](NC(=O)[C@H](Cc1c[nH]c2ccccc12)NC(=O)[C@H](Cc1c[nH]c2ccccc12)NC(=O)[C@H](CCC(=O)O)NC(=O)[C@@H](N)CO)C(=O)N[C@@H](Cc1c[nH]c2ccccc12)C(=O)O. The molecule has 6 rings (SSSR count). The Morgan fingerprint density at radius 2 is 0.923 bits per heavy atom. The Bertz CT molecular complexity index is 2690. The Morgan fingerprint density at radius 3 is 1.34 bits per heavy atom. The number of hydrogen-bond donors (Lipinski definition) is 12. The summed E-state index contributed by atoms with van der Waals surface area (Å²) in [7, 11) is 0. The smallest absolute Gasteiger partial charge is 0.326 e. The second-order valence-electron chi connectivity index (χ2n) is 16.2. The summed E-state index contributed by atoms with van der Waals surface area (Å²) in [6.45, 7) is 2.59. The summed E-state index contributed by atoms with van der Waals surface area (Å²) in [6.07, 6.45) is 3.80. The van der Waals surface area contributed by atoms with Gasteiger partial charge < -0.3 is 62.6 Å².